The van der Waals surface area contributed by atoms with E-state index in [2.05, 4.69) is 5.32 Å². The number of anilines is 1. The van der Waals surface area contributed by atoms with Gasteiger partial charge in [0.25, 0.3) is 0 Å². The van der Waals surface area contributed by atoms with Crippen LogP contribution in [0.3, 0.4) is 0 Å². The summed E-state index contributed by atoms with van der Waals surface area (Å²) in [5, 5.41) is 2.61. The summed E-state index contributed by atoms with van der Waals surface area (Å²) >= 11 is 0. The second-order valence-electron chi connectivity index (χ2n) is 5.48. The minimum absolute atomic E-state index is 0.0729. The predicted molar refractivity (Wildman–Crippen MR) is 87.9 cm³/mol. The number of benzene rings is 1. The summed E-state index contributed by atoms with van der Waals surface area (Å²) < 4.78 is 32.5. The highest BCUT2D eigenvalue weighted by Crippen LogP contribution is 2.31. The van der Waals surface area contributed by atoms with Gasteiger partial charge in [0.05, 0.1) is 12.6 Å². The van der Waals surface area contributed by atoms with Gasteiger partial charge in [0, 0.05) is 18.8 Å². The smallest absolute Gasteiger partial charge is 0.246 e. The van der Waals surface area contributed by atoms with Crippen molar-refractivity contribution in [3.05, 3.63) is 18.2 Å². The third kappa shape index (κ3) is 4.01. The van der Waals surface area contributed by atoms with E-state index in [-0.39, 0.29) is 16.6 Å². The molecule has 1 aliphatic rings. The van der Waals surface area contributed by atoms with E-state index in [1.165, 1.54) is 10.4 Å². The number of rotatable bonds is 6. The number of carbonyl (C=O) groups excluding carboxylic acids is 1. The molecule has 1 saturated heterocycles. The number of hydrogen-bond acceptors (Lipinski definition) is 5. The summed E-state index contributed by atoms with van der Waals surface area (Å²) in [4.78, 5) is 11.8. The fraction of sp³-hybridized carbons (Fsp3) is 0.533. The number of ether oxygens (including phenoxy) is 1. The second kappa shape index (κ2) is 7.29. The second-order valence-corrected chi connectivity index (χ2v) is 7.39. The monoisotopic (exact) mass is 341 g/mol. The molecule has 1 atom stereocenters. The van der Waals surface area contributed by atoms with Crippen LogP contribution in [-0.4, -0.2) is 44.4 Å². The van der Waals surface area contributed by atoms with Gasteiger partial charge in [-0.05, 0) is 44.9 Å². The van der Waals surface area contributed by atoms with E-state index in [4.69, 9.17) is 10.5 Å². The number of nitrogens with two attached hydrogens (primary N) is 1. The molecular weight excluding hydrogens is 318 g/mol. The van der Waals surface area contributed by atoms with Gasteiger partial charge in [-0.25, -0.2) is 8.42 Å². The van der Waals surface area contributed by atoms with Gasteiger partial charge in [-0.15, -0.1) is 0 Å². The number of carbonyl (C=O) groups is 1. The molecule has 8 heteroatoms. The third-order valence-electron chi connectivity index (χ3n) is 3.61. The van der Waals surface area contributed by atoms with Crippen LogP contribution in [0.25, 0.3) is 0 Å². The summed E-state index contributed by atoms with van der Waals surface area (Å²) in [6, 6.07) is 3.91. The molecule has 1 unspecified atom stereocenters. The summed E-state index contributed by atoms with van der Waals surface area (Å²) in [6.45, 7) is 4.71. The number of amides is 1. The zero-order valence-corrected chi connectivity index (χ0v) is 14.2. The Morgan fingerprint density at radius 2 is 2.04 bits per heavy atom. The quantitative estimate of drug-likeness (QED) is 0.808. The van der Waals surface area contributed by atoms with Crippen molar-refractivity contribution in [2.45, 2.75) is 37.6 Å². The van der Waals surface area contributed by atoms with Gasteiger partial charge in [-0.2, -0.15) is 4.31 Å². The molecule has 23 heavy (non-hydrogen) atoms. The maximum atomic E-state index is 12.8. The van der Waals surface area contributed by atoms with E-state index in [1.807, 2.05) is 0 Å². The summed E-state index contributed by atoms with van der Waals surface area (Å²) in [7, 11) is -3.64. The Morgan fingerprint density at radius 3 is 2.61 bits per heavy atom. The highest BCUT2D eigenvalue weighted by Gasteiger charge is 2.30. The van der Waals surface area contributed by atoms with Crippen molar-refractivity contribution in [1.29, 1.82) is 0 Å². The first-order valence-electron chi connectivity index (χ1n) is 7.69. The van der Waals surface area contributed by atoms with Gasteiger partial charge >= 0.3 is 0 Å². The minimum atomic E-state index is -3.64. The van der Waals surface area contributed by atoms with Crippen LogP contribution < -0.4 is 15.8 Å². The molecule has 128 valence electrons. The van der Waals surface area contributed by atoms with Crippen molar-refractivity contribution < 1.29 is 17.9 Å². The van der Waals surface area contributed by atoms with Crippen LogP contribution >= 0.6 is 0 Å². The number of nitrogens with zero attached hydrogens (tertiary/aromatic N) is 1. The van der Waals surface area contributed by atoms with Crippen molar-refractivity contribution >= 4 is 21.6 Å². The van der Waals surface area contributed by atoms with Crippen molar-refractivity contribution in [2.24, 2.45) is 5.73 Å². The largest absolute Gasteiger partial charge is 0.492 e. The van der Waals surface area contributed by atoms with Crippen LogP contribution in [0, 0.1) is 0 Å². The SMILES string of the molecule is CCOc1ccc(NC(=O)C(C)N)cc1S(=O)(=O)N1CCCC1. The molecule has 1 amide bonds. The maximum absolute atomic E-state index is 12.8. The minimum Gasteiger partial charge on any atom is -0.492 e. The van der Waals surface area contributed by atoms with E-state index < -0.39 is 16.1 Å². The van der Waals surface area contributed by atoms with E-state index in [0.717, 1.165) is 12.8 Å². The maximum Gasteiger partial charge on any atom is 0.246 e. The molecule has 1 fully saturated rings. The number of nitrogens with one attached hydrogen (secondary N) is 1. The van der Waals surface area contributed by atoms with Gasteiger partial charge < -0.3 is 15.8 Å². The van der Waals surface area contributed by atoms with E-state index in [9.17, 15) is 13.2 Å². The van der Waals surface area contributed by atoms with Crippen molar-refractivity contribution in [3.8, 4) is 5.75 Å². The number of sulfonamides is 1. The average molecular weight is 341 g/mol. The molecule has 0 spiro atoms. The molecule has 1 aromatic carbocycles. The molecule has 1 aliphatic heterocycles. The normalized spacial score (nSPS) is 17.0. The molecule has 0 saturated carbocycles. The third-order valence-corrected chi connectivity index (χ3v) is 5.53. The van der Waals surface area contributed by atoms with Gasteiger partial charge in [-0.1, -0.05) is 0 Å². The van der Waals surface area contributed by atoms with Gasteiger partial charge in [-0.3, -0.25) is 4.79 Å². The Morgan fingerprint density at radius 1 is 1.39 bits per heavy atom. The zero-order valence-electron chi connectivity index (χ0n) is 13.4. The molecule has 1 aromatic rings. The first-order valence-corrected chi connectivity index (χ1v) is 9.13. The molecule has 0 aromatic heterocycles. The first-order chi connectivity index (χ1) is 10.9. The van der Waals surface area contributed by atoms with Gasteiger partial charge in [0.15, 0.2) is 0 Å². The van der Waals surface area contributed by atoms with Crippen molar-refractivity contribution in [2.75, 3.05) is 25.0 Å². The fourth-order valence-corrected chi connectivity index (χ4v) is 4.06. The van der Waals surface area contributed by atoms with Crippen LogP contribution in [0.4, 0.5) is 5.69 Å². The van der Waals surface area contributed by atoms with Gasteiger partial charge in [0.1, 0.15) is 10.6 Å². The van der Waals surface area contributed by atoms with Crippen LogP contribution in [0.1, 0.15) is 26.7 Å². The molecule has 7 nitrogen and oxygen atoms in total. The zero-order chi connectivity index (χ0) is 17.0. The molecule has 3 N–H and O–H groups in total. The van der Waals surface area contributed by atoms with E-state index in [0.29, 0.717) is 25.4 Å². The Labute approximate surface area is 136 Å². The van der Waals surface area contributed by atoms with E-state index >= 15 is 0 Å². The molecular formula is C15H23N3O4S. The Balaban J connectivity index is 2.39. The Kier molecular flexibility index (Phi) is 5.61. The standard InChI is InChI=1S/C15H23N3O4S/c1-3-22-13-7-6-12(17-15(19)11(2)16)10-14(13)23(20,21)18-8-4-5-9-18/h6-7,10-11H,3-5,8-9,16H2,1-2H3,(H,17,19). The van der Waals surface area contributed by atoms with Crippen LogP contribution in [0.2, 0.25) is 0 Å². The highest BCUT2D eigenvalue weighted by molar-refractivity contribution is 7.89. The van der Waals surface area contributed by atoms with Gasteiger partial charge in [0.2, 0.25) is 15.9 Å². The van der Waals surface area contributed by atoms with Crippen LogP contribution in [0.15, 0.2) is 23.1 Å². The van der Waals surface area contributed by atoms with E-state index in [1.54, 1.807) is 26.0 Å². The summed E-state index contributed by atoms with van der Waals surface area (Å²) in [5.41, 5.74) is 5.90. The lowest BCUT2D eigenvalue weighted by molar-refractivity contribution is -0.117. The van der Waals surface area contributed by atoms with Crippen LogP contribution in [0.5, 0.6) is 5.75 Å². The summed E-state index contributed by atoms with van der Waals surface area (Å²) in [5.74, 6) is -0.0862. The highest BCUT2D eigenvalue weighted by atomic mass is 32.2. The molecule has 2 rings (SSSR count). The first kappa shape index (κ1) is 17.7. The lowest BCUT2D eigenvalue weighted by Gasteiger charge is -2.19. The molecule has 0 bridgehead atoms. The lowest BCUT2D eigenvalue weighted by Crippen LogP contribution is -2.32. The number of hydrogen-bond donors (Lipinski definition) is 2. The fourth-order valence-electron chi connectivity index (χ4n) is 2.39. The average Bonchev–Trinajstić information content (AvgIpc) is 3.03. The molecule has 1 heterocycles. The lowest BCUT2D eigenvalue weighted by atomic mass is 10.2. The Hall–Kier alpha value is -1.64. The van der Waals surface area contributed by atoms with Crippen molar-refractivity contribution in [3.63, 3.8) is 0 Å². The topological polar surface area (TPSA) is 102 Å². The summed E-state index contributed by atoms with van der Waals surface area (Å²) in [6.07, 6.45) is 1.70. The molecule has 0 radical (unpaired) electrons. The van der Waals surface area contributed by atoms with Crippen LogP contribution in [-0.2, 0) is 14.8 Å². The Bertz CT molecular complexity index is 667. The molecule has 0 aliphatic carbocycles. The van der Waals surface area contributed by atoms with Crippen molar-refractivity contribution in [1.82, 2.24) is 4.31 Å². The predicted octanol–water partition coefficient (Wildman–Crippen LogP) is 1.16.